The van der Waals surface area contributed by atoms with Crippen molar-refractivity contribution >= 4 is 34.5 Å². The van der Waals surface area contributed by atoms with E-state index in [-0.39, 0.29) is 18.3 Å². The van der Waals surface area contributed by atoms with Gasteiger partial charge in [-0.15, -0.1) is 0 Å². The molecule has 8 nitrogen and oxygen atoms in total. The monoisotopic (exact) mass is 497 g/mol. The number of carbonyl (C=O) groups excluding carboxylic acids is 2. The molecule has 0 saturated heterocycles. The predicted octanol–water partition coefficient (Wildman–Crippen LogP) is 4.53. The number of amides is 1. The number of anilines is 1. The van der Waals surface area contributed by atoms with E-state index in [1.165, 1.54) is 11.8 Å². The van der Waals surface area contributed by atoms with Gasteiger partial charge in [-0.25, -0.2) is 9.79 Å². The summed E-state index contributed by atoms with van der Waals surface area (Å²) in [7, 11) is 3.13. The van der Waals surface area contributed by atoms with Crippen molar-refractivity contribution < 1.29 is 23.8 Å². The fourth-order valence-electron chi connectivity index (χ4n) is 3.65. The summed E-state index contributed by atoms with van der Waals surface area (Å²) in [6.07, 6.45) is 0. The Hall–Kier alpha value is -3.46. The maximum atomic E-state index is 12.8. The summed E-state index contributed by atoms with van der Waals surface area (Å²) in [5, 5.41) is 6.63. The van der Waals surface area contributed by atoms with E-state index >= 15 is 0 Å². The van der Waals surface area contributed by atoms with E-state index < -0.39 is 12.0 Å². The van der Waals surface area contributed by atoms with Crippen molar-refractivity contribution in [3.05, 3.63) is 64.4 Å². The summed E-state index contributed by atoms with van der Waals surface area (Å²) in [5.41, 5.74) is 4.54. The van der Waals surface area contributed by atoms with Crippen LogP contribution in [-0.4, -0.2) is 43.6 Å². The van der Waals surface area contributed by atoms with Crippen LogP contribution >= 0.6 is 11.8 Å². The molecule has 0 aromatic heterocycles. The van der Waals surface area contributed by atoms with Crippen molar-refractivity contribution in [2.45, 2.75) is 33.7 Å². The maximum absolute atomic E-state index is 12.8. The molecular formula is C26H31N3O5S. The minimum absolute atomic E-state index is 0.147. The predicted molar refractivity (Wildman–Crippen MR) is 139 cm³/mol. The number of hydrogen-bond donors (Lipinski definition) is 2. The van der Waals surface area contributed by atoms with E-state index in [4.69, 9.17) is 19.2 Å². The highest BCUT2D eigenvalue weighted by atomic mass is 32.2. The van der Waals surface area contributed by atoms with E-state index in [1.807, 2.05) is 38.1 Å². The lowest BCUT2D eigenvalue weighted by Crippen LogP contribution is -2.31. The summed E-state index contributed by atoms with van der Waals surface area (Å²) in [6, 6.07) is 10.6. The quantitative estimate of drug-likeness (QED) is 0.517. The van der Waals surface area contributed by atoms with Crippen LogP contribution in [0.2, 0.25) is 0 Å². The zero-order valence-electron chi connectivity index (χ0n) is 20.9. The third-order valence-electron chi connectivity index (χ3n) is 5.46. The topological polar surface area (TPSA) is 98.2 Å². The highest BCUT2D eigenvalue weighted by molar-refractivity contribution is 8.14. The summed E-state index contributed by atoms with van der Waals surface area (Å²) in [4.78, 5) is 30.2. The molecule has 0 fully saturated rings. The molecule has 0 unspecified atom stereocenters. The van der Waals surface area contributed by atoms with Gasteiger partial charge in [-0.2, -0.15) is 0 Å². The van der Waals surface area contributed by atoms with Crippen molar-refractivity contribution in [1.82, 2.24) is 5.32 Å². The molecule has 0 saturated carbocycles. The lowest BCUT2D eigenvalue weighted by Gasteiger charge is -2.26. The summed E-state index contributed by atoms with van der Waals surface area (Å²) >= 11 is 1.26. The van der Waals surface area contributed by atoms with E-state index in [2.05, 4.69) is 10.6 Å². The molecule has 2 aromatic rings. The van der Waals surface area contributed by atoms with Gasteiger partial charge in [-0.1, -0.05) is 23.9 Å². The van der Waals surface area contributed by atoms with Crippen LogP contribution < -0.4 is 20.1 Å². The minimum Gasteiger partial charge on any atom is -0.497 e. The van der Waals surface area contributed by atoms with Crippen LogP contribution in [0.5, 0.6) is 11.5 Å². The van der Waals surface area contributed by atoms with Crippen LogP contribution in [0.4, 0.5) is 5.69 Å². The van der Waals surface area contributed by atoms with Crippen molar-refractivity contribution in [3.8, 4) is 11.5 Å². The Labute approximate surface area is 210 Å². The number of ether oxygens (including phenoxy) is 3. The number of methoxy groups -OCH3 is 2. The summed E-state index contributed by atoms with van der Waals surface area (Å²) in [5.74, 6) is 0.699. The average molecular weight is 498 g/mol. The second kappa shape index (κ2) is 11.8. The number of hydrogen-bond acceptors (Lipinski definition) is 8. The van der Waals surface area contributed by atoms with E-state index in [0.717, 1.165) is 16.8 Å². The first-order valence-corrected chi connectivity index (χ1v) is 12.2. The molecule has 186 valence electrons. The van der Waals surface area contributed by atoms with Crippen molar-refractivity contribution in [3.63, 3.8) is 0 Å². The number of nitrogens with zero attached hydrogens (tertiary/aromatic N) is 1. The first-order valence-electron chi connectivity index (χ1n) is 11.2. The number of aryl methyl sites for hydroxylation is 2. The second-order valence-electron chi connectivity index (χ2n) is 7.98. The van der Waals surface area contributed by atoms with Gasteiger partial charge in [0.1, 0.15) is 17.5 Å². The summed E-state index contributed by atoms with van der Waals surface area (Å²) < 4.78 is 16.2. The fourth-order valence-corrected chi connectivity index (χ4v) is 4.40. The van der Waals surface area contributed by atoms with Crippen LogP contribution in [0.3, 0.4) is 0 Å². The van der Waals surface area contributed by atoms with Gasteiger partial charge < -0.3 is 24.8 Å². The SMILES string of the molecule is CCOC(=O)C1=C(C)NC(SCC(=O)Nc2cc(C)ccc2C)=N[C@H]1c1ccc(OC)cc1OC. The number of rotatable bonds is 8. The zero-order chi connectivity index (χ0) is 25.5. The number of esters is 1. The Bertz CT molecular complexity index is 1180. The van der Waals surface area contributed by atoms with Gasteiger partial charge in [0.25, 0.3) is 0 Å². The lowest BCUT2D eigenvalue weighted by atomic mass is 9.95. The first kappa shape index (κ1) is 26.2. The third-order valence-corrected chi connectivity index (χ3v) is 6.34. The van der Waals surface area contributed by atoms with E-state index in [9.17, 15) is 9.59 Å². The van der Waals surface area contributed by atoms with Crippen LogP contribution in [0.25, 0.3) is 0 Å². The number of nitrogens with one attached hydrogen (secondary N) is 2. The summed E-state index contributed by atoms with van der Waals surface area (Å²) in [6.45, 7) is 7.72. The number of thioether (sulfide) groups is 1. The molecule has 9 heteroatoms. The second-order valence-corrected chi connectivity index (χ2v) is 8.95. The number of amidine groups is 1. The molecule has 1 aliphatic rings. The van der Waals surface area contributed by atoms with Gasteiger partial charge in [0.2, 0.25) is 5.91 Å². The molecule has 0 bridgehead atoms. The average Bonchev–Trinajstić information content (AvgIpc) is 2.84. The number of carbonyl (C=O) groups is 2. The van der Waals surface area contributed by atoms with Crippen LogP contribution in [0.15, 0.2) is 52.7 Å². The van der Waals surface area contributed by atoms with Crippen LogP contribution in [0.1, 0.15) is 36.6 Å². The van der Waals surface area contributed by atoms with Gasteiger partial charge in [0.05, 0.1) is 32.2 Å². The van der Waals surface area contributed by atoms with Crippen molar-refractivity contribution in [2.75, 3.05) is 31.9 Å². The normalized spacial score (nSPS) is 15.1. The molecule has 2 N–H and O–H groups in total. The highest BCUT2D eigenvalue weighted by Crippen LogP contribution is 2.39. The maximum Gasteiger partial charge on any atom is 0.338 e. The molecule has 1 heterocycles. The van der Waals surface area contributed by atoms with Gasteiger partial charge >= 0.3 is 5.97 Å². The third kappa shape index (κ3) is 6.36. The molecule has 0 radical (unpaired) electrons. The molecule has 2 aromatic carbocycles. The largest absolute Gasteiger partial charge is 0.497 e. The molecule has 35 heavy (non-hydrogen) atoms. The number of benzene rings is 2. The van der Waals surface area contributed by atoms with E-state index in [1.54, 1.807) is 40.2 Å². The van der Waals surface area contributed by atoms with Crippen molar-refractivity contribution in [1.29, 1.82) is 0 Å². The molecule has 1 amide bonds. The Morgan fingerprint density at radius 3 is 2.54 bits per heavy atom. The van der Waals surface area contributed by atoms with E-state index in [0.29, 0.717) is 33.5 Å². The minimum atomic E-state index is -0.666. The van der Waals surface area contributed by atoms with Gasteiger partial charge in [-0.3, -0.25) is 4.79 Å². The molecular weight excluding hydrogens is 466 g/mol. The zero-order valence-corrected chi connectivity index (χ0v) is 21.7. The Balaban J connectivity index is 1.86. The van der Waals surface area contributed by atoms with Crippen molar-refractivity contribution in [2.24, 2.45) is 4.99 Å². The molecule has 1 atom stereocenters. The number of aliphatic imine (C=N–C) groups is 1. The lowest BCUT2D eigenvalue weighted by molar-refractivity contribution is -0.139. The number of allylic oxidation sites excluding steroid dienone is 1. The Morgan fingerprint density at radius 2 is 1.86 bits per heavy atom. The fraction of sp³-hybridized carbons (Fsp3) is 0.346. The highest BCUT2D eigenvalue weighted by Gasteiger charge is 2.32. The smallest absolute Gasteiger partial charge is 0.338 e. The molecule has 0 aliphatic carbocycles. The molecule has 0 spiro atoms. The first-order chi connectivity index (χ1) is 16.8. The Kier molecular flexibility index (Phi) is 8.81. The van der Waals surface area contributed by atoms with Gasteiger partial charge in [0, 0.05) is 23.0 Å². The van der Waals surface area contributed by atoms with Crippen LogP contribution in [-0.2, 0) is 14.3 Å². The molecule has 1 aliphatic heterocycles. The standard InChI is InChI=1S/C26H31N3O5S/c1-7-34-25(31)23-17(4)27-26(29-24(23)19-11-10-18(32-5)13-21(19)33-6)35-14-22(30)28-20-12-15(2)8-9-16(20)3/h8-13,24H,7,14H2,1-6H3,(H,27,29)(H,28,30)/t24-/m0/s1. The Morgan fingerprint density at radius 1 is 1.09 bits per heavy atom. The van der Waals surface area contributed by atoms with Gasteiger partial charge in [0.15, 0.2) is 5.17 Å². The van der Waals surface area contributed by atoms with Crippen LogP contribution in [0, 0.1) is 13.8 Å². The molecule has 3 rings (SSSR count). The van der Waals surface area contributed by atoms with Gasteiger partial charge in [-0.05, 0) is 57.0 Å².